The summed E-state index contributed by atoms with van der Waals surface area (Å²) in [6.45, 7) is 6.92. The predicted molar refractivity (Wildman–Crippen MR) is 114 cm³/mol. The maximum absolute atomic E-state index is 6.11. The number of nitrogens with one attached hydrogen (secondary N) is 2. The smallest absolute Gasteiger partial charge is 0.191 e. The minimum Gasteiger partial charge on any atom is -0.385 e. The van der Waals surface area contributed by atoms with E-state index in [9.17, 15) is 0 Å². The van der Waals surface area contributed by atoms with Crippen LogP contribution >= 0.6 is 0 Å². The average molecular weight is 407 g/mol. The lowest BCUT2D eigenvalue weighted by Gasteiger charge is -2.58. The van der Waals surface area contributed by atoms with Crippen LogP contribution in [0, 0.1) is 12.3 Å². The molecule has 1 spiro atoms. The number of aromatic nitrogens is 3. The average Bonchev–Trinajstić information content (AvgIpc) is 3.06. The zero-order valence-corrected chi connectivity index (χ0v) is 18.5. The van der Waals surface area contributed by atoms with Crippen LogP contribution < -0.4 is 10.6 Å². The van der Waals surface area contributed by atoms with E-state index in [1.54, 1.807) is 7.11 Å². The van der Waals surface area contributed by atoms with Crippen molar-refractivity contribution in [1.82, 2.24) is 25.4 Å². The molecule has 2 saturated carbocycles. The molecule has 2 N–H and O–H groups in total. The summed E-state index contributed by atoms with van der Waals surface area (Å²) in [5.41, 5.74) is 0.255. The number of methoxy groups -OCH3 is 1. The largest absolute Gasteiger partial charge is 0.385 e. The number of rotatable bonds is 9. The second kappa shape index (κ2) is 10.4. The van der Waals surface area contributed by atoms with Gasteiger partial charge in [-0.25, -0.2) is 4.99 Å². The van der Waals surface area contributed by atoms with E-state index < -0.39 is 0 Å². The molecule has 1 heterocycles. The Morgan fingerprint density at radius 3 is 2.72 bits per heavy atom. The summed E-state index contributed by atoms with van der Waals surface area (Å²) in [6.07, 6.45) is 8.80. The van der Waals surface area contributed by atoms with Crippen LogP contribution in [-0.4, -0.2) is 59.7 Å². The second-order valence-electron chi connectivity index (χ2n) is 8.33. The predicted octanol–water partition coefficient (Wildman–Crippen LogP) is 2.32. The van der Waals surface area contributed by atoms with Crippen molar-refractivity contribution < 1.29 is 9.47 Å². The van der Waals surface area contributed by atoms with Crippen LogP contribution in [-0.2, 0) is 23.1 Å². The molecule has 8 nitrogen and oxygen atoms in total. The van der Waals surface area contributed by atoms with Crippen LogP contribution in [0.2, 0.25) is 0 Å². The van der Waals surface area contributed by atoms with Crippen molar-refractivity contribution in [3.8, 4) is 0 Å². The molecule has 3 rings (SSSR count). The molecule has 0 aromatic carbocycles. The van der Waals surface area contributed by atoms with Gasteiger partial charge in [-0.05, 0) is 39.5 Å². The number of ether oxygens (including phenoxy) is 2. The van der Waals surface area contributed by atoms with E-state index in [0.717, 1.165) is 50.2 Å². The van der Waals surface area contributed by atoms with Crippen molar-refractivity contribution in [2.75, 3.05) is 26.9 Å². The summed E-state index contributed by atoms with van der Waals surface area (Å²) < 4.78 is 13.3. The Kier molecular flexibility index (Phi) is 7.89. The van der Waals surface area contributed by atoms with Crippen LogP contribution in [0.3, 0.4) is 0 Å². The van der Waals surface area contributed by atoms with Crippen LogP contribution in [0.15, 0.2) is 4.99 Å². The third-order valence-electron chi connectivity index (χ3n) is 6.63. The third-order valence-corrected chi connectivity index (χ3v) is 6.63. The maximum atomic E-state index is 6.11. The zero-order chi connectivity index (χ0) is 20.7. The molecule has 2 aliphatic rings. The molecular weight excluding hydrogens is 368 g/mol. The lowest BCUT2D eigenvalue weighted by atomic mass is 9.55. The summed E-state index contributed by atoms with van der Waals surface area (Å²) in [4.78, 5) is 4.83. The summed E-state index contributed by atoms with van der Waals surface area (Å²) in [5.74, 6) is 2.62. The molecule has 0 amide bonds. The van der Waals surface area contributed by atoms with Gasteiger partial charge in [0.15, 0.2) is 11.8 Å². The van der Waals surface area contributed by atoms with Crippen molar-refractivity contribution in [3.63, 3.8) is 0 Å². The molecule has 29 heavy (non-hydrogen) atoms. The van der Waals surface area contributed by atoms with E-state index in [4.69, 9.17) is 14.5 Å². The third kappa shape index (κ3) is 5.09. The summed E-state index contributed by atoms with van der Waals surface area (Å²) in [6, 6.07) is 0.411. The number of aryl methyl sites for hydroxylation is 1. The van der Waals surface area contributed by atoms with E-state index in [1.807, 2.05) is 18.5 Å². The number of hydrogen-bond donors (Lipinski definition) is 2. The summed E-state index contributed by atoms with van der Waals surface area (Å²) >= 11 is 0. The molecule has 0 bridgehead atoms. The van der Waals surface area contributed by atoms with Crippen LogP contribution in [0.25, 0.3) is 0 Å². The number of hydrogen-bond acceptors (Lipinski definition) is 5. The number of nitrogens with zero attached hydrogens (tertiary/aromatic N) is 4. The highest BCUT2D eigenvalue weighted by Gasteiger charge is 2.55. The number of guanidine groups is 1. The highest BCUT2D eigenvalue weighted by atomic mass is 16.5. The van der Waals surface area contributed by atoms with Gasteiger partial charge in [-0.1, -0.05) is 19.3 Å². The molecule has 8 heteroatoms. The van der Waals surface area contributed by atoms with Gasteiger partial charge in [-0.3, -0.25) is 0 Å². The van der Waals surface area contributed by atoms with Gasteiger partial charge in [0.05, 0.1) is 6.10 Å². The lowest BCUT2D eigenvalue weighted by molar-refractivity contribution is -0.145. The normalized spacial score (nSPS) is 23.8. The van der Waals surface area contributed by atoms with Crippen LogP contribution in [0.1, 0.15) is 63.5 Å². The van der Waals surface area contributed by atoms with E-state index in [2.05, 4.69) is 27.8 Å². The molecule has 0 radical (unpaired) electrons. The molecule has 2 atom stereocenters. The van der Waals surface area contributed by atoms with E-state index >= 15 is 0 Å². The molecule has 0 saturated heterocycles. The Morgan fingerprint density at radius 1 is 1.28 bits per heavy atom. The first kappa shape index (κ1) is 22.0. The molecule has 2 unspecified atom stereocenters. The van der Waals surface area contributed by atoms with Crippen molar-refractivity contribution >= 4 is 5.96 Å². The lowest BCUT2D eigenvalue weighted by Crippen LogP contribution is -2.66. The summed E-state index contributed by atoms with van der Waals surface area (Å²) in [7, 11) is 3.72. The van der Waals surface area contributed by atoms with Gasteiger partial charge >= 0.3 is 0 Å². The van der Waals surface area contributed by atoms with Gasteiger partial charge in [0.1, 0.15) is 12.4 Å². The van der Waals surface area contributed by atoms with E-state index in [0.29, 0.717) is 18.7 Å². The van der Waals surface area contributed by atoms with Crippen LogP contribution in [0.5, 0.6) is 0 Å². The van der Waals surface area contributed by atoms with Gasteiger partial charge in [-0.15, -0.1) is 10.2 Å². The van der Waals surface area contributed by atoms with Crippen molar-refractivity contribution in [2.24, 2.45) is 17.5 Å². The fourth-order valence-corrected chi connectivity index (χ4v) is 4.75. The molecule has 1 aromatic heterocycles. The minimum absolute atomic E-state index is 0.255. The Bertz CT molecular complexity index is 668. The highest BCUT2D eigenvalue weighted by molar-refractivity contribution is 5.80. The van der Waals surface area contributed by atoms with Crippen molar-refractivity contribution in [2.45, 2.75) is 77.5 Å². The standard InChI is InChI=1S/C21H38N6O2/c1-5-29-18-14-17(21(18)10-7-6-8-11-21)24-20(22-12-9-13-28-4)23-15-19-26-25-16(2)27(19)3/h17-18H,5-15H2,1-4H3,(H2,22,23,24). The molecule has 164 valence electrons. The van der Waals surface area contributed by atoms with Crippen molar-refractivity contribution in [3.05, 3.63) is 11.6 Å². The Morgan fingerprint density at radius 2 is 2.07 bits per heavy atom. The minimum atomic E-state index is 0.255. The van der Waals surface area contributed by atoms with Gasteiger partial charge in [0.25, 0.3) is 0 Å². The van der Waals surface area contributed by atoms with E-state index in [1.165, 1.54) is 32.1 Å². The summed E-state index contributed by atoms with van der Waals surface area (Å²) in [5, 5.41) is 15.6. The molecule has 0 aliphatic heterocycles. The first-order valence-electron chi connectivity index (χ1n) is 11.1. The fourth-order valence-electron chi connectivity index (χ4n) is 4.75. The Labute approximate surface area is 174 Å². The molecular formula is C21H38N6O2. The first-order chi connectivity index (χ1) is 14.1. The Hall–Kier alpha value is -1.67. The number of aliphatic imine (C=N–C) groups is 1. The van der Waals surface area contributed by atoms with Gasteiger partial charge in [0.2, 0.25) is 0 Å². The van der Waals surface area contributed by atoms with Crippen LogP contribution in [0.4, 0.5) is 0 Å². The maximum Gasteiger partial charge on any atom is 0.191 e. The highest BCUT2D eigenvalue weighted by Crippen LogP contribution is 2.53. The molecule has 2 aliphatic carbocycles. The zero-order valence-electron chi connectivity index (χ0n) is 18.5. The van der Waals surface area contributed by atoms with Gasteiger partial charge in [-0.2, -0.15) is 0 Å². The Balaban J connectivity index is 1.68. The van der Waals surface area contributed by atoms with Gasteiger partial charge in [0, 0.05) is 45.4 Å². The van der Waals surface area contributed by atoms with Crippen molar-refractivity contribution in [1.29, 1.82) is 0 Å². The SMILES string of the molecule is CCOC1CC(NC(=NCc2nnc(C)n2C)NCCCOC)C12CCCCC2. The second-order valence-corrected chi connectivity index (χ2v) is 8.33. The molecule has 1 aromatic rings. The van der Waals surface area contributed by atoms with E-state index in [-0.39, 0.29) is 5.41 Å². The topological polar surface area (TPSA) is 85.6 Å². The monoisotopic (exact) mass is 406 g/mol. The first-order valence-corrected chi connectivity index (χ1v) is 11.1. The molecule has 2 fully saturated rings. The van der Waals surface area contributed by atoms with Gasteiger partial charge < -0.3 is 24.7 Å². The fraction of sp³-hybridized carbons (Fsp3) is 0.857. The quantitative estimate of drug-likeness (QED) is 0.372.